The van der Waals surface area contributed by atoms with Crippen molar-refractivity contribution in [3.8, 4) is 5.75 Å². The van der Waals surface area contributed by atoms with E-state index in [1.165, 1.54) is 6.20 Å². The molecule has 17 heavy (non-hydrogen) atoms. The summed E-state index contributed by atoms with van der Waals surface area (Å²) in [5.41, 5.74) is 0.659. The highest BCUT2D eigenvalue weighted by atomic mass is 16.7. The fraction of sp³-hybridized carbons (Fsp3) is 0.583. The molecule has 92 valence electrons. The summed E-state index contributed by atoms with van der Waals surface area (Å²) in [6.45, 7) is 9.81. The fourth-order valence-corrected chi connectivity index (χ4v) is 1.73. The molecular formula is C12H18BNO3. The Morgan fingerprint density at radius 3 is 2.24 bits per heavy atom. The van der Waals surface area contributed by atoms with Gasteiger partial charge in [-0.1, -0.05) is 0 Å². The molecule has 2 heterocycles. The lowest BCUT2D eigenvalue weighted by Gasteiger charge is -2.32. The summed E-state index contributed by atoms with van der Waals surface area (Å²) in [6, 6.07) is 1.79. The number of aryl methyl sites for hydroxylation is 1. The number of aromatic hydroxyl groups is 1. The summed E-state index contributed by atoms with van der Waals surface area (Å²) < 4.78 is 11.8. The number of aromatic nitrogens is 1. The van der Waals surface area contributed by atoms with Crippen LogP contribution in [-0.2, 0) is 9.31 Å². The van der Waals surface area contributed by atoms with E-state index >= 15 is 0 Å². The minimum absolute atomic E-state index is 0.106. The van der Waals surface area contributed by atoms with Crippen LogP contribution in [0.4, 0.5) is 0 Å². The molecule has 0 aromatic carbocycles. The summed E-state index contributed by atoms with van der Waals surface area (Å²) in [5, 5.41) is 9.81. The maximum Gasteiger partial charge on any atom is 0.498 e. The van der Waals surface area contributed by atoms with E-state index < -0.39 is 18.3 Å². The van der Waals surface area contributed by atoms with E-state index in [0.29, 0.717) is 5.46 Å². The summed E-state index contributed by atoms with van der Waals surface area (Å²) in [6.07, 6.45) is 1.43. The topological polar surface area (TPSA) is 51.6 Å². The molecule has 0 aliphatic carbocycles. The lowest BCUT2D eigenvalue weighted by Crippen LogP contribution is -2.41. The molecule has 2 rings (SSSR count). The van der Waals surface area contributed by atoms with Crippen molar-refractivity contribution in [2.45, 2.75) is 45.8 Å². The molecule has 1 N–H and O–H groups in total. The summed E-state index contributed by atoms with van der Waals surface area (Å²) in [7, 11) is -0.540. The second kappa shape index (κ2) is 3.72. The quantitative estimate of drug-likeness (QED) is 0.747. The van der Waals surface area contributed by atoms with Crippen molar-refractivity contribution in [1.82, 2.24) is 4.98 Å². The zero-order valence-corrected chi connectivity index (χ0v) is 10.9. The molecule has 1 fully saturated rings. The van der Waals surface area contributed by atoms with E-state index in [1.807, 2.05) is 34.6 Å². The van der Waals surface area contributed by atoms with Crippen LogP contribution >= 0.6 is 0 Å². The third kappa shape index (κ3) is 2.05. The van der Waals surface area contributed by atoms with Crippen molar-refractivity contribution in [3.05, 3.63) is 18.0 Å². The Labute approximate surface area is 102 Å². The number of rotatable bonds is 1. The lowest BCUT2D eigenvalue weighted by atomic mass is 9.78. The largest absolute Gasteiger partial charge is 0.507 e. The summed E-state index contributed by atoms with van der Waals surface area (Å²) in [4.78, 5) is 4.02. The summed E-state index contributed by atoms with van der Waals surface area (Å²) in [5.74, 6) is 0.106. The van der Waals surface area contributed by atoms with E-state index in [-0.39, 0.29) is 5.75 Å². The molecule has 1 aromatic rings. The van der Waals surface area contributed by atoms with Crippen molar-refractivity contribution in [3.63, 3.8) is 0 Å². The van der Waals surface area contributed by atoms with Gasteiger partial charge in [0.25, 0.3) is 0 Å². The maximum absolute atomic E-state index is 9.81. The Bertz CT molecular complexity index is 429. The molecule has 0 amide bonds. The van der Waals surface area contributed by atoms with Crippen LogP contribution in [0.1, 0.15) is 33.4 Å². The minimum atomic E-state index is -0.540. The highest BCUT2D eigenvalue weighted by Crippen LogP contribution is 2.37. The van der Waals surface area contributed by atoms with Crippen LogP contribution in [0.15, 0.2) is 12.3 Å². The first-order chi connectivity index (χ1) is 7.73. The monoisotopic (exact) mass is 235 g/mol. The van der Waals surface area contributed by atoms with Crippen LogP contribution in [0, 0.1) is 6.92 Å². The Morgan fingerprint density at radius 1 is 1.18 bits per heavy atom. The van der Waals surface area contributed by atoms with Gasteiger partial charge in [0.1, 0.15) is 5.75 Å². The van der Waals surface area contributed by atoms with Crippen LogP contribution in [0.2, 0.25) is 0 Å². The predicted molar refractivity (Wildman–Crippen MR) is 66.4 cm³/mol. The molecule has 0 unspecified atom stereocenters. The van der Waals surface area contributed by atoms with Crippen LogP contribution in [0.25, 0.3) is 0 Å². The molecule has 1 aliphatic heterocycles. The van der Waals surface area contributed by atoms with E-state index in [9.17, 15) is 5.11 Å². The molecule has 0 spiro atoms. The highest BCUT2D eigenvalue weighted by molar-refractivity contribution is 6.63. The van der Waals surface area contributed by atoms with Gasteiger partial charge < -0.3 is 14.4 Å². The molecule has 1 aromatic heterocycles. The van der Waals surface area contributed by atoms with Crippen molar-refractivity contribution in [2.75, 3.05) is 0 Å². The molecule has 0 atom stereocenters. The molecule has 0 bridgehead atoms. The zero-order chi connectivity index (χ0) is 12.8. The van der Waals surface area contributed by atoms with Gasteiger partial charge in [-0.15, -0.1) is 0 Å². The second-order valence-corrected chi connectivity index (χ2v) is 5.47. The Hall–Kier alpha value is -1.07. The minimum Gasteiger partial charge on any atom is -0.507 e. The van der Waals surface area contributed by atoms with Crippen molar-refractivity contribution >= 4 is 12.6 Å². The molecule has 0 saturated carbocycles. The molecule has 5 heteroatoms. The SMILES string of the molecule is Cc1cc(B2OC(C)(C)C(C)(C)O2)c(O)cn1. The lowest BCUT2D eigenvalue weighted by molar-refractivity contribution is 0.00578. The maximum atomic E-state index is 9.81. The third-order valence-electron chi connectivity index (χ3n) is 3.56. The average molecular weight is 235 g/mol. The van der Waals surface area contributed by atoms with Gasteiger partial charge in [0.2, 0.25) is 0 Å². The Morgan fingerprint density at radius 2 is 1.71 bits per heavy atom. The van der Waals surface area contributed by atoms with Gasteiger partial charge in [-0.05, 0) is 40.7 Å². The van der Waals surface area contributed by atoms with E-state index in [1.54, 1.807) is 6.07 Å². The fourth-order valence-electron chi connectivity index (χ4n) is 1.73. The van der Waals surface area contributed by atoms with Crippen molar-refractivity contribution < 1.29 is 14.4 Å². The standard InChI is InChI=1S/C12H18BNO3/c1-8-6-9(10(15)7-14-8)13-16-11(2,3)12(4,5)17-13/h6-7,15H,1-5H3. The molecule has 4 nitrogen and oxygen atoms in total. The Balaban J connectivity index is 2.35. The highest BCUT2D eigenvalue weighted by Gasteiger charge is 2.52. The third-order valence-corrected chi connectivity index (χ3v) is 3.56. The first-order valence-electron chi connectivity index (χ1n) is 5.74. The van der Waals surface area contributed by atoms with Gasteiger partial charge in [0, 0.05) is 11.2 Å². The first kappa shape index (κ1) is 12.4. The number of hydrogen-bond donors (Lipinski definition) is 1. The van der Waals surface area contributed by atoms with E-state index in [4.69, 9.17) is 9.31 Å². The Kier molecular flexibility index (Phi) is 2.71. The average Bonchev–Trinajstić information content (AvgIpc) is 2.40. The van der Waals surface area contributed by atoms with E-state index in [0.717, 1.165) is 5.69 Å². The zero-order valence-electron chi connectivity index (χ0n) is 10.9. The van der Waals surface area contributed by atoms with Crippen LogP contribution in [-0.4, -0.2) is 28.4 Å². The van der Waals surface area contributed by atoms with Crippen LogP contribution < -0.4 is 5.46 Å². The predicted octanol–water partition coefficient (Wildman–Crippen LogP) is 1.39. The van der Waals surface area contributed by atoms with Gasteiger partial charge in [-0.3, -0.25) is 4.98 Å². The summed E-state index contributed by atoms with van der Waals surface area (Å²) >= 11 is 0. The number of hydrogen-bond acceptors (Lipinski definition) is 4. The first-order valence-corrected chi connectivity index (χ1v) is 5.74. The molecule has 1 aliphatic rings. The smallest absolute Gasteiger partial charge is 0.498 e. The van der Waals surface area contributed by atoms with Gasteiger partial charge in [0.05, 0.1) is 17.4 Å². The van der Waals surface area contributed by atoms with Gasteiger partial charge in [-0.25, -0.2) is 0 Å². The molecule has 0 radical (unpaired) electrons. The van der Waals surface area contributed by atoms with Crippen molar-refractivity contribution in [2.24, 2.45) is 0 Å². The second-order valence-electron chi connectivity index (χ2n) is 5.47. The van der Waals surface area contributed by atoms with Crippen LogP contribution in [0.5, 0.6) is 5.75 Å². The van der Waals surface area contributed by atoms with Gasteiger partial charge in [-0.2, -0.15) is 0 Å². The molecular weight excluding hydrogens is 217 g/mol. The van der Waals surface area contributed by atoms with Gasteiger partial charge in [0.15, 0.2) is 0 Å². The van der Waals surface area contributed by atoms with Gasteiger partial charge >= 0.3 is 7.12 Å². The number of nitrogens with zero attached hydrogens (tertiary/aromatic N) is 1. The number of pyridine rings is 1. The normalized spacial score (nSPS) is 21.8. The van der Waals surface area contributed by atoms with Crippen molar-refractivity contribution in [1.29, 1.82) is 0 Å². The molecule has 1 saturated heterocycles. The van der Waals surface area contributed by atoms with E-state index in [2.05, 4.69) is 4.98 Å². The van der Waals surface area contributed by atoms with Crippen LogP contribution in [0.3, 0.4) is 0 Å².